The minimum Gasteiger partial charge on any atom is -0.383 e. The van der Waals surface area contributed by atoms with Crippen molar-refractivity contribution in [2.45, 2.75) is 26.3 Å². The monoisotopic (exact) mass is 293 g/mol. The van der Waals surface area contributed by atoms with Gasteiger partial charge in [-0.1, -0.05) is 6.92 Å². The molecule has 2 rings (SSSR count). The molecular weight excluding hydrogens is 270 g/mol. The first-order valence-electron chi connectivity index (χ1n) is 7.27. The summed E-state index contributed by atoms with van der Waals surface area (Å²) >= 11 is 0. The zero-order valence-corrected chi connectivity index (χ0v) is 12.6. The number of piperidine rings is 1. The Balaban J connectivity index is 2.08. The van der Waals surface area contributed by atoms with Gasteiger partial charge in [0.15, 0.2) is 0 Å². The number of ether oxygens (including phenoxy) is 1. The molecule has 0 radical (unpaired) electrons. The van der Waals surface area contributed by atoms with Crippen LogP contribution in [0.4, 0.5) is 5.69 Å². The Kier molecular flexibility index (Phi) is 5.14. The minimum atomic E-state index is -0.348. The quantitative estimate of drug-likeness (QED) is 0.843. The molecule has 1 fully saturated rings. The van der Waals surface area contributed by atoms with Crippen molar-refractivity contribution in [3.63, 3.8) is 0 Å². The van der Waals surface area contributed by atoms with Gasteiger partial charge in [0.25, 0.3) is 5.56 Å². The standard InChI is InChI=1S/C15H23N3O3/c1-15(5-7-16-8-6-15)14(20)17-12-3-4-13(19)18(11-12)9-10-21-2/h3-4,11,16H,5-10H2,1-2H3,(H,17,20). The Morgan fingerprint density at radius 3 is 2.81 bits per heavy atom. The number of hydrogen-bond donors (Lipinski definition) is 2. The number of carbonyl (C=O) groups excluding carboxylic acids is 1. The van der Waals surface area contributed by atoms with Crippen molar-refractivity contribution in [3.05, 3.63) is 28.7 Å². The SMILES string of the molecule is COCCn1cc(NC(=O)C2(C)CCNCC2)ccc1=O. The van der Waals surface area contributed by atoms with Crippen molar-refractivity contribution in [3.8, 4) is 0 Å². The van der Waals surface area contributed by atoms with Crippen LogP contribution in [0.25, 0.3) is 0 Å². The highest BCUT2D eigenvalue weighted by Crippen LogP contribution is 2.29. The van der Waals surface area contributed by atoms with Crippen molar-refractivity contribution >= 4 is 11.6 Å². The maximum Gasteiger partial charge on any atom is 0.250 e. The van der Waals surface area contributed by atoms with Gasteiger partial charge >= 0.3 is 0 Å². The summed E-state index contributed by atoms with van der Waals surface area (Å²) in [5, 5.41) is 6.19. The molecule has 6 heteroatoms. The van der Waals surface area contributed by atoms with Gasteiger partial charge < -0.3 is 19.9 Å². The second-order valence-corrected chi connectivity index (χ2v) is 5.71. The average molecular weight is 293 g/mol. The number of nitrogens with zero attached hydrogens (tertiary/aromatic N) is 1. The fourth-order valence-corrected chi connectivity index (χ4v) is 2.46. The topological polar surface area (TPSA) is 72.4 Å². The normalized spacial score (nSPS) is 17.4. The van der Waals surface area contributed by atoms with Crippen LogP contribution in [0.5, 0.6) is 0 Å². The molecule has 1 aliphatic heterocycles. The van der Waals surface area contributed by atoms with E-state index in [1.54, 1.807) is 23.9 Å². The predicted octanol–water partition coefficient (Wildman–Crippen LogP) is 0.823. The third kappa shape index (κ3) is 3.92. The first-order valence-corrected chi connectivity index (χ1v) is 7.27. The van der Waals surface area contributed by atoms with Gasteiger partial charge in [-0.05, 0) is 32.0 Å². The molecule has 1 aliphatic rings. The molecule has 1 amide bonds. The summed E-state index contributed by atoms with van der Waals surface area (Å²) in [5.41, 5.74) is 0.201. The fourth-order valence-electron chi connectivity index (χ4n) is 2.46. The molecule has 0 atom stereocenters. The number of anilines is 1. The Morgan fingerprint density at radius 2 is 2.14 bits per heavy atom. The van der Waals surface area contributed by atoms with Crippen LogP contribution in [0.1, 0.15) is 19.8 Å². The zero-order chi connectivity index (χ0) is 15.3. The van der Waals surface area contributed by atoms with Crippen LogP contribution in [-0.4, -0.2) is 37.3 Å². The molecule has 1 aromatic rings. The Labute approximate surface area is 124 Å². The molecule has 0 spiro atoms. The van der Waals surface area contributed by atoms with Gasteiger partial charge in [-0.15, -0.1) is 0 Å². The molecular formula is C15H23N3O3. The maximum absolute atomic E-state index is 12.4. The molecule has 1 aromatic heterocycles. The molecule has 0 aliphatic carbocycles. The van der Waals surface area contributed by atoms with E-state index >= 15 is 0 Å². The lowest BCUT2D eigenvalue weighted by atomic mass is 9.80. The van der Waals surface area contributed by atoms with Crippen LogP contribution >= 0.6 is 0 Å². The van der Waals surface area contributed by atoms with Crippen LogP contribution in [0.3, 0.4) is 0 Å². The molecule has 0 unspecified atom stereocenters. The van der Waals surface area contributed by atoms with E-state index in [1.165, 1.54) is 6.07 Å². The summed E-state index contributed by atoms with van der Waals surface area (Å²) in [5.74, 6) is 0.0148. The van der Waals surface area contributed by atoms with Gasteiger partial charge in [0.1, 0.15) is 0 Å². The summed E-state index contributed by atoms with van der Waals surface area (Å²) in [6.07, 6.45) is 3.31. The average Bonchev–Trinajstić information content (AvgIpc) is 2.48. The van der Waals surface area contributed by atoms with Crippen molar-refractivity contribution in [2.24, 2.45) is 5.41 Å². The Morgan fingerprint density at radius 1 is 1.43 bits per heavy atom. The van der Waals surface area contributed by atoms with E-state index in [2.05, 4.69) is 10.6 Å². The molecule has 0 bridgehead atoms. The minimum absolute atomic E-state index is 0.0148. The molecule has 2 heterocycles. The van der Waals surface area contributed by atoms with E-state index in [9.17, 15) is 9.59 Å². The smallest absolute Gasteiger partial charge is 0.250 e. The number of rotatable bonds is 5. The highest BCUT2D eigenvalue weighted by atomic mass is 16.5. The maximum atomic E-state index is 12.4. The van der Waals surface area contributed by atoms with Crippen LogP contribution < -0.4 is 16.2 Å². The van der Waals surface area contributed by atoms with Gasteiger partial charge in [0.2, 0.25) is 5.91 Å². The lowest BCUT2D eigenvalue weighted by Gasteiger charge is -2.32. The van der Waals surface area contributed by atoms with E-state index in [-0.39, 0.29) is 16.9 Å². The van der Waals surface area contributed by atoms with E-state index in [1.807, 2.05) is 6.92 Å². The number of hydrogen-bond acceptors (Lipinski definition) is 4. The number of nitrogens with one attached hydrogen (secondary N) is 2. The van der Waals surface area contributed by atoms with E-state index in [0.29, 0.717) is 18.8 Å². The molecule has 0 saturated carbocycles. The van der Waals surface area contributed by atoms with Gasteiger partial charge in [0, 0.05) is 31.3 Å². The second kappa shape index (κ2) is 6.87. The number of pyridine rings is 1. The van der Waals surface area contributed by atoms with E-state index in [4.69, 9.17) is 4.74 Å². The highest BCUT2D eigenvalue weighted by molar-refractivity contribution is 5.95. The summed E-state index contributed by atoms with van der Waals surface area (Å²) < 4.78 is 6.52. The Bertz CT molecular complexity index is 547. The summed E-state index contributed by atoms with van der Waals surface area (Å²) in [4.78, 5) is 24.2. The molecule has 0 aromatic carbocycles. The Hall–Kier alpha value is -1.66. The lowest BCUT2D eigenvalue weighted by Crippen LogP contribution is -2.43. The van der Waals surface area contributed by atoms with E-state index in [0.717, 1.165) is 25.9 Å². The predicted molar refractivity (Wildman–Crippen MR) is 81.4 cm³/mol. The van der Waals surface area contributed by atoms with Crippen LogP contribution in [-0.2, 0) is 16.1 Å². The zero-order valence-electron chi connectivity index (χ0n) is 12.6. The molecule has 1 saturated heterocycles. The van der Waals surface area contributed by atoms with Crippen molar-refractivity contribution in [2.75, 3.05) is 32.1 Å². The third-order valence-electron chi connectivity index (χ3n) is 4.03. The molecule has 116 valence electrons. The van der Waals surface area contributed by atoms with Gasteiger partial charge in [-0.3, -0.25) is 9.59 Å². The summed E-state index contributed by atoms with van der Waals surface area (Å²) in [6.45, 7) is 4.64. The molecule has 21 heavy (non-hydrogen) atoms. The first-order chi connectivity index (χ1) is 10.0. The van der Waals surface area contributed by atoms with Crippen molar-refractivity contribution in [1.82, 2.24) is 9.88 Å². The highest BCUT2D eigenvalue weighted by Gasteiger charge is 2.34. The first kappa shape index (κ1) is 15.7. The van der Waals surface area contributed by atoms with Crippen LogP contribution in [0.2, 0.25) is 0 Å². The van der Waals surface area contributed by atoms with Gasteiger partial charge in [-0.25, -0.2) is 0 Å². The number of methoxy groups -OCH3 is 1. The van der Waals surface area contributed by atoms with Crippen molar-refractivity contribution in [1.29, 1.82) is 0 Å². The largest absolute Gasteiger partial charge is 0.383 e. The van der Waals surface area contributed by atoms with Gasteiger partial charge in [0.05, 0.1) is 12.3 Å². The fraction of sp³-hybridized carbons (Fsp3) is 0.600. The second-order valence-electron chi connectivity index (χ2n) is 5.71. The number of carbonyl (C=O) groups is 1. The van der Waals surface area contributed by atoms with Gasteiger partial charge in [-0.2, -0.15) is 0 Å². The number of amides is 1. The molecule has 2 N–H and O–H groups in total. The van der Waals surface area contributed by atoms with Crippen LogP contribution in [0, 0.1) is 5.41 Å². The lowest BCUT2D eigenvalue weighted by molar-refractivity contribution is -0.126. The van der Waals surface area contributed by atoms with E-state index < -0.39 is 0 Å². The molecule has 6 nitrogen and oxygen atoms in total. The number of aromatic nitrogens is 1. The third-order valence-corrected chi connectivity index (χ3v) is 4.03. The summed E-state index contributed by atoms with van der Waals surface area (Å²) in [6, 6.07) is 3.12. The van der Waals surface area contributed by atoms with Crippen LogP contribution in [0.15, 0.2) is 23.1 Å². The van der Waals surface area contributed by atoms with Crippen molar-refractivity contribution < 1.29 is 9.53 Å². The summed E-state index contributed by atoms with van der Waals surface area (Å²) in [7, 11) is 1.59.